The average Bonchev–Trinajstić information content (AvgIpc) is 2.42. The molecule has 0 saturated carbocycles. The molecule has 0 aliphatic carbocycles. The molecule has 0 aromatic heterocycles. The lowest BCUT2D eigenvalue weighted by Crippen LogP contribution is -2.23. The van der Waals surface area contributed by atoms with Crippen LogP contribution < -0.4 is 5.73 Å². The molecule has 0 amide bonds. The van der Waals surface area contributed by atoms with Gasteiger partial charge in [-0.15, -0.1) is 0 Å². The topological polar surface area (TPSA) is 29.3 Å². The summed E-state index contributed by atoms with van der Waals surface area (Å²) in [5.41, 5.74) is 10.3. The fourth-order valence-electron chi connectivity index (χ4n) is 2.50. The molecule has 0 aliphatic rings. The molecule has 0 aliphatic heterocycles. The van der Waals surface area contributed by atoms with Gasteiger partial charge in [-0.2, -0.15) is 0 Å². The molecule has 0 bridgehead atoms. The minimum atomic E-state index is 0.817. The van der Waals surface area contributed by atoms with E-state index in [9.17, 15) is 0 Å². The zero-order chi connectivity index (χ0) is 15.2. The van der Waals surface area contributed by atoms with Crippen molar-refractivity contribution in [2.45, 2.75) is 33.4 Å². The number of rotatable bonds is 6. The van der Waals surface area contributed by atoms with Gasteiger partial charge in [-0.1, -0.05) is 42.8 Å². The zero-order valence-corrected chi connectivity index (χ0v) is 13.5. The Bertz CT molecular complexity index is 596. The third-order valence-electron chi connectivity index (χ3n) is 3.50. The van der Waals surface area contributed by atoms with Crippen molar-refractivity contribution in [1.82, 2.24) is 4.90 Å². The molecular formula is C18H23ClN2. The molecular weight excluding hydrogens is 280 g/mol. The molecule has 2 nitrogen and oxygen atoms in total. The minimum Gasteiger partial charge on any atom is -0.399 e. The number of nitrogen functional groups attached to an aromatic ring is 1. The van der Waals surface area contributed by atoms with Crippen molar-refractivity contribution in [1.29, 1.82) is 0 Å². The van der Waals surface area contributed by atoms with Crippen LogP contribution in [0.1, 0.15) is 30.0 Å². The molecule has 21 heavy (non-hydrogen) atoms. The fourth-order valence-corrected chi connectivity index (χ4v) is 2.80. The SMILES string of the molecule is CCCN(Cc1cccc(N)c1)Cc1ccc(C)cc1Cl. The first-order chi connectivity index (χ1) is 10.1. The van der Waals surface area contributed by atoms with E-state index >= 15 is 0 Å². The first-order valence-electron chi connectivity index (χ1n) is 7.40. The molecule has 0 unspecified atom stereocenters. The lowest BCUT2D eigenvalue weighted by atomic mass is 10.1. The molecule has 2 aromatic carbocycles. The second-order valence-electron chi connectivity index (χ2n) is 5.55. The molecule has 2 aromatic rings. The van der Waals surface area contributed by atoms with E-state index in [2.05, 4.69) is 36.9 Å². The Balaban J connectivity index is 2.11. The summed E-state index contributed by atoms with van der Waals surface area (Å²) in [6, 6.07) is 14.4. The summed E-state index contributed by atoms with van der Waals surface area (Å²) in [6.45, 7) is 7.05. The first-order valence-corrected chi connectivity index (χ1v) is 7.78. The van der Waals surface area contributed by atoms with Gasteiger partial charge in [-0.3, -0.25) is 4.90 Å². The Morgan fingerprint density at radius 2 is 1.90 bits per heavy atom. The third kappa shape index (κ3) is 4.76. The summed E-state index contributed by atoms with van der Waals surface area (Å²) in [6.07, 6.45) is 1.12. The first kappa shape index (κ1) is 15.9. The molecule has 2 N–H and O–H groups in total. The van der Waals surface area contributed by atoms with E-state index in [1.54, 1.807) is 0 Å². The molecule has 0 spiro atoms. The van der Waals surface area contributed by atoms with Crippen LogP contribution in [0.5, 0.6) is 0 Å². The third-order valence-corrected chi connectivity index (χ3v) is 3.85. The fraction of sp³-hybridized carbons (Fsp3) is 0.333. The molecule has 2 rings (SSSR count). The monoisotopic (exact) mass is 302 g/mol. The van der Waals surface area contributed by atoms with Crippen LogP contribution in [0.25, 0.3) is 0 Å². The second-order valence-corrected chi connectivity index (χ2v) is 5.96. The van der Waals surface area contributed by atoms with E-state index in [1.807, 2.05) is 24.3 Å². The molecule has 0 atom stereocenters. The largest absolute Gasteiger partial charge is 0.399 e. The van der Waals surface area contributed by atoms with Gasteiger partial charge in [0.2, 0.25) is 0 Å². The van der Waals surface area contributed by atoms with Crippen LogP contribution in [0, 0.1) is 6.92 Å². The van der Waals surface area contributed by atoms with Crippen molar-refractivity contribution in [2.75, 3.05) is 12.3 Å². The molecule has 3 heteroatoms. The summed E-state index contributed by atoms with van der Waals surface area (Å²) >= 11 is 6.36. The Kier molecular flexibility index (Phi) is 5.66. The summed E-state index contributed by atoms with van der Waals surface area (Å²) in [5.74, 6) is 0. The lowest BCUT2D eigenvalue weighted by molar-refractivity contribution is 0.257. The van der Waals surface area contributed by atoms with Gasteiger partial charge < -0.3 is 5.73 Å². The van der Waals surface area contributed by atoms with E-state index in [-0.39, 0.29) is 0 Å². The standard InChI is InChI=1S/C18H23ClN2/c1-3-9-21(12-15-5-4-6-17(20)11-15)13-16-8-7-14(2)10-18(16)19/h4-8,10-11H,3,9,12-13,20H2,1-2H3. The highest BCUT2D eigenvalue weighted by Crippen LogP contribution is 2.21. The smallest absolute Gasteiger partial charge is 0.0453 e. The highest BCUT2D eigenvalue weighted by atomic mass is 35.5. The number of aryl methyl sites for hydroxylation is 1. The molecule has 112 valence electrons. The Labute approximate surface area is 132 Å². The van der Waals surface area contributed by atoms with Crippen LogP contribution in [0.2, 0.25) is 5.02 Å². The molecule has 0 fully saturated rings. The van der Waals surface area contributed by atoms with Crippen LogP contribution in [0.3, 0.4) is 0 Å². The predicted molar refractivity (Wildman–Crippen MR) is 91.4 cm³/mol. The number of hydrogen-bond acceptors (Lipinski definition) is 2. The second kappa shape index (κ2) is 7.48. The van der Waals surface area contributed by atoms with Crippen molar-refractivity contribution >= 4 is 17.3 Å². The van der Waals surface area contributed by atoms with Gasteiger partial charge in [0.1, 0.15) is 0 Å². The highest BCUT2D eigenvalue weighted by Gasteiger charge is 2.09. The maximum Gasteiger partial charge on any atom is 0.0453 e. The highest BCUT2D eigenvalue weighted by molar-refractivity contribution is 6.31. The van der Waals surface area contributed by atoms with Gasteiger partial charge in [-0.25, -0.2) is 0 Å². The van der Waals surface area contributed by atoms with Crippen molar-refractivity contribution in [2.24, 2.45) is 0 Å². The number of nitrogens with two attached hydrogens (primary N) is 1. The summed E-state index contributed by atoms with van der Waals surface area (Å²) < 4.78 is 0. The van der Waals surface area contributed by atoms with E-state index < -0.39 is 0 Å². The van der Waals surface area contributed by atoms with E-state index in [1.165, 1.54) is 16.7 Å². The van der Waals surface area contributed by atoms with E-state index in [0.717, 1.165) is 36.8 Å². The van der Waals surface area contributed by atoms with E-state index in [4.69, 9.17) is 17.3 Å². The number of benzene rings is 2. The molecule has 0 saturated heterocycles. The number of hydrogen-bond donors (Lipinski definition) is 1. The van der Waals surface area contributed by atoms with Gasteiger partial charge in [0, 0.05) is 23.8 Å². The van der Waals surface area contributed by atoms with Crippen LogP contribution in [0.4, 0.5) is 5.69 Å². The van der Waals surface area contributed by atoms with Gasteiger partial charge >= 0.3 is 0 Å². The van der Waals surface area contributed by atoms with Gasteiger partial charge in [0.05, 0.1) is 0 Å². The van der Waals surface area contributed by atoms with Crippen molar-refractivity contribution in [3.05, 3.63) is 64.2 Å². The summed E-state index contributed by atoms with van der Waals surface area (Å²) in [7, 11) is 0. The normalized spacial score (nSPS) is 11.0. The number of halogens is 1. The van der Waals surface area contributed by atoms with E-state index in [0.29, 0.717) is 0 Å². The van der Waals surface area contributed by atoms with Crippen LogP contribution in [-0.2, 0) is 13.1 Å². The van der Waals surface area contributed by atoms with Crippen LogP contribution in [0.15, 0.2) is 42.5 Å². The Hall–Kier alpha value is -1.51. The number of anilines is 1. The van der Waals surface area contributed by atoms with Gasteiger partial charge in [0.15, 0.2) is 0 Å². The quantitative estimate of drug-likeness (QED) is 0.787. The molecule has 0 heterocycles. The van der Waals surface area contributed by atoms with Gasteiger partial charge in [-0.05, 0) is 54.8 Å². The van der Waals surface area contributed by atoms with Crippen molar-refractivity contribution in [3.8, 4) is 0 Å². The average molecular weight is 303 g/mol. The predicted octanol–water partition coefficient (Wildman–Crippen LogP) is 4.64. The minimum absolute atomic E-state index is 0.817. The maximum absolute atomic E-state index is 6.36. The van der Waals surface area contributed by atoms with Crippen LogP contribution >= 0.6 is 11.6 Å². The lowest BCUT2D eigenvalue weighted by Gasteiger charge is -2.22. The zero-order valence-electron chi connectivity index (χ0n) is 12.8. The van der Waals surface area contributed by atoms with Crippen molar-refractivity contribution in [3.63, 3.8) is 0 Å². The van der Waals surface area contributed by atoms with Crippen molar-refractivity contribution < 1.29 is 0 Å². The number of nitrogens with zero attached hydrogens (tertiary/aromatic N) is 1. The summed E-state index contributed by atoms with van der Waals surface area (Å²) in [4.78, 5) is 2.41. The maximum atomic E-state index is 6.36. The van der Waals surface area contributed by atoms with Crippen LogP contribution in [-0.4, -0.2) is 11.4 Å². The van der Waals surface area contributed by atoms with Gasteiger partial charge in [0.25, 0.3) is 0 Å². The molecule has 0 radical (unpaired) electrons. The summed E-state index contributed by atoms with van der Waals surface area (Å²) in [5, 5.41) is 0.851. The Morgan fingerprint density at radius 3 is 2.57 bits per heavy atom. The Morgan fingerprint density at radius 1 is 1.10 bits per heavy atom.